The number of piperidine rings is 1. The first-order valence-corrected chi connectivity index (χ1v) is 11.7. The second-order valence-electron chi connectivity index (χ2n) is 9.40. The van der Waals surface area contributed by atoms with Crippen LogP contribution in [-0.4, -0.2) is 78.1 Å². The van der Waals surface area contributed by atoms with Gasteiger partial charge in [0.05, 0.1) is 23.6 Å². The Bertz CT molecular complexity index is 947. The Hall–Kier alpha value is -2.58. The number of hydrogen-bond acceptors (Lipinski definition) is 7. The number of likely N-dealkylation sites (tertiary alicyclic amines) is 1. The number of carbonyl (C=O) groups is 4. The van der Waals surface area contributed by atoms with Crippen LogP contribution in [0.3, 0.4) is 0 Å². The van der Waals surface area contributed by atoms with Crippen LogP contribution in [0.1, 0.15) is 59.2 Å². The average Bonchev–Trinajstić information content (AvgIpc) is 3.37. The highest BCUT2D eigenvalue weighted by Crippen LogP contribution is 2.32. The number of amides is 2. The van der Waals surface area contributed by atoms with Gasteiger partial charge in [0.25, 0.3) is 11.8 Å². The molecule has 8 heteroatoms. The van der Waals surface area contributed by atoms with E-state index in [1.807, 2.05) is 0 Å². The van der Waals surface area contributed by atoms with E-state index in [2.05, 4.69) is 10.2 Å². The Balaban J connectivity index is 1.21. The summed E-state index contributed by atoms with van der Waals surface area (Å²) in [4.78, 5) is 53.2. The number of nitrogens with one attached hydrogen (secondary N) is 1. The fourth-order valence-corrected chi connectivity index (χ4v) is 5.36. The summed E-state index contributed by atoms with van der Waals surface area (Å²) in [5.41, 5.74) is 0.579. The molecule has 0 radical (unpaired) electrons. The molecular weight excluding hydrogens is 410 g/mol. The molecule has 1 aliphatic carbocycles. The van der Waals surface area contributed by atoms with Crippen LogP contribution in [0, 0.1) is 5.92 Å². The van der Waals surface area contributed by atoms with E-state index in [0.717, 1.165) is 56.4 Å². The van der Waals surface area contributed by atoms with Crippen molar-refractivity contribution in [2.75, 3.05) is 32.7 Å². The molecule has 1 aromatic rings. The van der Waals surface area contributed by atoms with Crippen LogP contribution in [0.25, 0.3) is 0 Å². The topological polar surface area (TPSA) is 96.0 Å². The number of hydrogen-bond donors (Lipinski definition) is 1. The zero-order valence-corrected chi connectivity index (χ0v) is 18.2. The Morgan fingerprint density at radius 2 is 1.75 bits per heavy atom. The monoisotopic (exact) mass is 439 g/mol. The summed E-state index contributed by atoms with van der Waals surface area (Å²) in [6.45, 7) is 5.36. The summed E-state index contributed by atoms with van der Waals surface area (Å²) in [6.07, 6.45) is 3.42. The molecule has 0 aromatic heterocycles. The van der Waals surface area contributed by atoms with Gasteiger partial charge in [-0.15, -0.1) is 0 Å². The highest BCUT2D eigenvalue weighted by Gasteiger charge is 2.44. The standard InChI is InChI=1S/C24H29N3O5/c28-16-1-4-21(22(29)11-16)27-23(30)19-3-2-18(12-20(19)24(27)31)32-17-6-9-26(10-7-17)14-15-5-8-25-13-15/h2-3,12,15,17,21,25H,1,4-11,13-14H2. The number of ether oxygens (including phenoxy) is 1. The zero-order chi connectivity index (χ0) is 22.2. The second kappa shape index (κ2) is 8.75. The SMILES string of the molecule is O=C1CCC(N2C(=O)c3ccc(OC4CCN(CC5CCNC5)CC4)cc3C2=O)C(=O)C1. The normalized spacial score (nSPS) is 27.3. The molecule has 5 rings (SSSR count). The van der Waals surface area contributed by atoms with Gasteiger partial charge < -0.3 is 15.0 Å². The zero-order valence-electron chi connectivity index (χ0n) is 18.2. The maximum absolute atomic E-state index is 13.0. The number of imide groups is 1. The largest absolute Gasteiger partial charge is 0.490 e. The number of fused-ring (bicyclic) bond motifs is 1. The van der Waals surface area contributed by atoms with Crippen molar-refractivity contribution in [1.82, 2.24) is 15.1 Å². The number of ketones is 2. The molecular formula is C24H29N3O5. The quantitative estimate of drug-likeness (QED) is 0.548. The third-order valence-electron chi connectivity index (χ3n) is 7.16. The molecule has 1 N–H and O–H groups in total. The van der Waals surface area contributed by atoms with Gasteiger partial charge in [-0.05, 0) is 62.9 Å². The molecule has 3 fully saturated rings. The fourth-order valence-electron chi connectivity index (χ4n) is 5.36. The van der Waals surface area contributed by atoms with Gasteiger partial charge in [0.15, 0.2) is 5.78 Å². The number of carbonyl (C=O) groups excluding carboxylic acids is 4. The van der Waals surface area contributed by atoms with Crippen LogP contribution in [0.2, 0.25) is 0 Å². The molecule has 0 spiro atoms. The Morgan fingerprint density at radius 3 is 2.47 bits per heavy atom. The number of nitrogens with zero attached hydrogens (tertiary/aromatic N) is 2. The molecule has 2 atom stereocenters. The molecule has 2 unspecified atom stereocenters. The fraction of sp³-hybridized carbons (Fsp3) is 0.583. The van der Waals surface area contributed by atoms with Crippen LogP contribution >= 0.6 is 0 Å². The van der Waals surface area contributed by atoms with Gasteiger partial charge in [0, 0.05) is 26.1 Å². The summed E-state index contributed by atoms with van der Waals surface area (Å²) < 4.78 is 6.17. The van der Waals surface area contributed by atoms with Gasteiger partial charge in [-0.3, -0.25) is 24.1 Å². The van der Waals surface area contributed by atoms with Crippen molar-refractivity contribution < 1.29 is 23.9 Å². The molecule has 170 valence electrons. The lowest BCUT2D eigenvalue weighted by Crippen LogP contribution is -2.47. The lowest BCUT2D eigenvalue weighted by atomic mass is 9.92. The third kappa shape index (κ3) is 4.09. The first kappa shape index (κ1) is 21.3. The van der Waals surface area contributed by atoms with Crippen molar-refractivity contribution in [3.63, 3.8) is 0 Å². The van der Waals surface area contributed by atoms with E-state index in [0.29, 0.717) is 11.3 Å². The van der Waals surface area contributed by atoms with Crippen molar-refractivity contribution in [3.8, 4) is 5.75 Å². The lowest BCUT2D eigenvalue weighted by molar-refractivity contribution is -0.132. The van der Waals surface area contributed by atoms with Gasteiger partial charge in [0.2, 0.25) is 0 Å². The number of benzene rings is 1. The van der Waals surface area contributed by atoms with Crippen molar-refractivity contribution >= 4 is 23.4 Å². The van der Waals surface area contributed by atoms with Crippen molar-refractivity contribution in [1.29, 1.82) is 0 Å². The molecule has 32 heavy (non-hydrogen) atoms. The van der Waals surface area contributed by atoms with E-state index >= 15 is 0 Å². The number of Topliss-reactive ketones (excluding diaryl/α,β-unsaturated/α-hetero) is 2. The van der Waals surface area contributed by atoms with E-state index in [4.69, 9.17) is 4.74 Å². The van der Waals surface area contributed by atoms with Gasteiger partial charge >= 0.3 is 0 Å². The molecule has 2 saturated heterocycles. The van der Waals surface area contributed by atoms with E-state index in [-0.39, 0.29) is 42.5 Å². The molecule has 3 aliphatic heterocycles. The summed E-state index contributed by atoms with van der Waals surface area (Å²) in [7, 11) is 0. The Morgan fingerprint density at radius 1 is 0.969 bits per heavy atom. The smallest absolute Gasteiger partial charge is 0.262 e. The molecule has 1 aromatic carbocycles. The third-order valence-corrected chi connectivity index (χ3v) is 7.16. The highest BCUT2D eigenvalue weighted by molar-refractivity contribution is 6.23. The Labute approximate surface area is 187 Å². The number of rotatable bonds is 5. The van der Waals surface area contributed by atoms with Crippen LogP contribution in [-0.2, 0) is 9.59 Å². The molecule has 4 aliphatic rings. The minimum atomic E-state index is -0.844. The summed E-state index contributed by atoms with van der Waals surface area (Å²) in [6, 6.07) is 4.14. The van der Waals surface area contributed by atoms with Crippen LogP contribution in [0.5, 0.6) is 5.75 Å². The predicted octanol–water partition coefficient (Wildman–Crippen LogP) is 1.43. The lowest BCUT2D eigenvalue weighted by Gasteiger charge is -2.33. The minimum absolute atomic E-state index is 0.0836. The maximum atomic E-state index is 13.0. The van der Waals surface area contributed by atoms with Gasteiger partial charge in [-0.2, -0.15) is 0 Å². The molecule has 8 nitrogen and oxygen atoms in total. The molecule has 0 bridgehead atoms. The first-order chi connectivity index (χ1) is 15.5. The van der Waals surface area contributed by atoms with Crippen molar-refractivity contribution in [3.05, 3.63) is 29.3 Å². The molecule has 2 amide bonds. The van der Waals surface area contributed by atoms with E-state index in [1.54, 1.807) is 18.2 Å². The van der Waals surface area contributed by atoms with Gasteiger partial charge in [-0.1, -0.05) is 0 Å². The summed E-state index contributed by atoms with van der Waals surface area (Å²) in [5, 5.41) is 3.42. The van der Waals surface area contributed by atoms with Crippen LogP contribution < -0.4 is 10.1 Å². The average molecular weight is 440 g/mol. The van der Waals surface area contributed by atoms with Gasteiger partial charge in [-0.25, -0.2) is 0 Å². The van der Waals surface area contributed by atoms with E-state index in [9.17, 15) is 19.2 Å². The van der Waals surface area contributed by atoms with E-state index < -0.39 is 17.9 Å². The van der Waals surface area contributed by atoms with Crippen LogP contribution in [0.4, 0.5) is 0 Å². The van der Waals surface area contributed by atoms with Crippen molar-refractivity contribution in [2.24, 2.45) is 5.92 Å². The van der Waals surface area contributed by atoms with Crippen LogP contribution in [0.15, 0.2) is 18.2 Å². The highest BCUT2D eigenvalue weighted by atomic mass is 16.5. The second-order valence-corrected chi connectivity index (χ2v) is 9.40. The van der Waals surface area contributed by atoms with Crippen molar-refractivity contribution in [2.45, 2.75) is 50.7 Å². The Kier molecular flexibility index (Phi) is 5.82. The van der Waals surface area contributed by atoms with Gasteiger partial charge in [0.1, 0.15) is 17.6 Å². The summed E-state index contributed by atoms with van der Waals surface area (Å²) in [5.74, 6) is -0.0980. The molecule has 3 heterocycles. The maximum Gasteiger partial charge on any atom is 0.262 e. The minimum Gasteiger partial charge on any atom is -0.490 e. The predicted molar refractivity (Wildman–Crippen MR) is 116 cm³/mol. The van der Waals surface area contributed by atoms with E-state index in [1.165, 1.54) is 6.42 Å². The molecule has 1 saturated carbocycles. The first-order valence-electron chi connectivity index (χ1n) is 11.7. The summed E-state index contributed by atoms with van der Waals surface area (Å²) >= 11 is 0.